The van der Waals surface area contributed by atoms with E-state index in [0.29, 0.717) is 4.47 Å². The number of halogens is 1. The minimum absolute atomic E-state index is 0.118. The van der Waals surface area contributed by atoms with Crippen LogP contribution in [-0.2, 0) is 15.8 Å². The molecule has 7 nitrogen and oxygen atoms in total. The zero-order valence-corrected chi connectivity index (χ0v) is 13.0. The van der Waals surface area contributed by atoms with E-state index in [1.165, 1.54) is 30.5 Å². The molecule has 2 rings (SSSR count). The molecule has 21 heavy (non-hydrogen) atoms. The van der Waals surface area contributed by atoms with Crippen LogP contribution in [0.2, 0.25) is 0 Å². The highest BCUT2D eigenvalue weighted by atomic mass is 79.9. The lowest BCUT2D eigenvalue weighted by Gasteiger charge is -2.07. The molecule has 0 saturated carbocycles. The molecule has 0 amide bonds. The number of anilines is 1. The fraction of sp³-hybridized carbons (Fsp3) is 0.0833. The van der Waals surface area contributed by atoms with Crippen molar-refractivity contribution in [2.45, 2.75) is 5.75 Å². The Morgan fingerprint density at radius 2 is 1.95 bits per heavy atom. The Balaban J connectivity index is 2.22. The number of nitrogens with zero attached hydrogens (tertiary/aromatic N) is 2. The highest BCUT2D eigenvalue weighted by Gasteiger charge is 2.20. The van der Waals surface area contributed by atoms with Gasteiger partial charge in [0.1, 0.15) is 11.6 Å². The number of nitro groups is 1. The van der Waals surface area contributed by atoms with Gasteiger partial charge in [-0.15, -0.1) is 0 Å². The maximum Gasteiger partial charge on any atom is 0.273 e. The van der Waals surface area contributed by atoms with Gasteiger partial charge in [-0.3, -0.25) is 14.8 Å². The van der Waals surface area contributed by atoms with Gasteiger partial charge in [0.05, 0.1) is 4.92 Å². The Hall–Kier alpha value is -2.00. The molecule has 0 aliphatic heterocycles. The number of para-hydroxylation sites is 1. The van der Waals surface area contributed by atoms with Crippen molar-refractivity contribution in [1.82, 2.24) is 4.98 Å². The topological polar surface area (TPSA) is 102 Å². The molecule has 1 aromatic heterocycles. The molecule has 1 heterocycles. The van der Waals surface area contributed by atoms with Crippen molar-refractivity contribution < 1.29 is 13.3 Å². The van der Waals surface area contributed by atoms with E-state index in [1.54, 1.807) is 12.1 Å². The van der Waals surface area contributed by atoms with Crippen LogP contribution < -0.4 is 4.72 Å². The molecule has 0 aliphatic carbocycles. The monoisotopic (exact) mass is 371 g/mol. The first-order valence-electron chi connectivity index (χ1n) is 5.72. The van der Waals surface area contributed by atoms with E-state index in [-0.39, 0.29) is 17.1 Å². The van der Waals surface area contributed by atoms with Gasteiger partial charge in [-0.25, -0.2) is 13.4 Å². The Morgan fingerprint density at radius 1 is 1.24 bits per heavy atom. The Kier molecular flexibility index (Phi) is 4.53. The maximum absolute atomic E-state index is 12.0. The zero-order valence-electron chi connectivity index (χ0n) is 10.6. The van der Waals surface area contributed by atoms with E-state index < -0.39 is 20.7 Å². The number of nitrogens with one attached hydrogen (secondary N) is 1. The van der Waals surface area contributed by atoms with Crippen molar-refractivity contribution in [2.24, 2.45) is 0 Å². The molecule has 1 aromatic carbocycles. The average molecular weight is 372 g/mol. The second-order valence-corrected chi connectivity index (χ2v) is 6.75. The molecule has 0 atom stereocenters. The van der Waals surface area contributed by atoms with E-state index in [4.69, 9.17) is 0 Å². The van der Waals surface area contributed by atoms with Crippen LogP contribution in [0.4, 0.5) is 11.5 Å². The van der Waals surface area contributed by atoms with Crippen molar-refractivity contribution in [3.63, 3.8) is 0 Å². The zero-order chi connectivity index (χ0) is 15.5. The first-order chi connectivity index (χ1) is 9.87. The van der Waals surface area contributed by atoms with Gasteiger partial charge in [-0.2, -0.15) is 0 Å². The van der Waals surface area contributed by atoms with Crippen molar-refractivity contribution in [3.05, 3.63) is 62.7 Å². The molecule has 0 radical (unpaired) electrons. The van der Waals surface area contributed by atoms with Crippen LogP contribution >= 0.6 is 15.9 Å². The quantitative estimate of drug-likeness (QED) is 0.642. The summed E-state index contributed by atoms with van der Waals surface area (Å²) in [4.78, 5) is 14.2. The van der Waals surface area contributed by atoms with E-state index in [1.807, 2.05) is 0 Å². The number of hydrogen-bond donors (Lipinski definition) is 1. The SMILES string of the molecule is O=[N+]([O-])c1ccccc1CS(=O)(=O)Nc1ccc(Br)cn1. The predicted octanol–water partition coefficient (Wildman–Crippen LogP) is 2.69. The second kappa shape index (κ2) is 6.19. The highest BCUT2D eigenvalue weighted by Crippen LogP contribution is 2.21. The van der Waals surface area contributed by atoms with Gasteiger partial charge in [-0.1, -0.05) is 18.2 Å². The number of benzene rings is 1. The van der Waals surface area contributed by atoms with E-state index in [0.717, 1.165) is 0 Å². The van der Waals surface area contributed by atoms with E-state index in [2.05, 4.69) is 25.6 Å². The summed E-state index contributed by atoms with van der Waals surface area (Å²) >= 11 is 3.19. The summed E-state index contributed by atoms with van der Waals surface area (Å²) in [7, 11) is -3.79. The minimum atomic E-state index is -3.79. The number of rotatable bonds is 5. The molecular weight excluding hydrogens is 362 g/mol. The Labute approximate surface area is 129 Å². The predicted molar refractivity (Wildman–Crippen MR) is 81.3 cm³/mol. The van der Waals surface area contributed by atoms with Crippen molar-refractivity contribution in [1.29, 1.82) is 0 Å². The van der Waals surface area contributed by atoms with E-state index in [9.17, 15) is 18.5 Å². The van der Waals surface area contributed by atoms with Gasteiger partial charge in [-0.05, 0) is 28.1 Å². The molecule has 0 spiro atoms. The fourth-order valence-electron chi connectivity index (χ4n) is 1.65. The van der Waals surface area contributed by atoms with Crippen LogP contribution in [0.25, 0.3) is 0 Å². The van der Waals surface area contributed by atoms with Crippen molar-refractivity contribution in [3.8, 4) is 0 Å². The third-order valence-corrected chi connectivity index (χ3v) is 4.20. The van der Waals surface area contributed by atoms with Gasteiger partial charge in [0.15, 0.2) is 0 Å². The molecule has 0 bridgehead atoms. The molecule has 2 aromatic rings. The molecule has 9 heteroatoms. The van der Waals surface area contributed by atoms with E-state index >= 15 is 0 Å². The van der Waals surface area contributed by atoms with Crippen molar-refractivity contribution >= 4 is 37.5 Å². The van der Waals surface area contributed by atoms with Crippen LogP contribution in [-0.4, -0.2) is 18.3 Å². The van der Waals surface area contributed by atoms with Crippen LogP contribution in [0.3, 0.4) is 0 Å². The lowest BCUT2D eigenvalue weighted by molar-refractivity contribution is -0.385. The number of hydrogen-bond acceptors (Lipinski definition) is 5. The number of sulfonamides is 1. The van der Waals surface area contributed by atoms with Gasteiger partial charge >= 0.3 is 0 Å². The summed E-state index contributed by atoms with van der Waals surface area (Å²) in [6.07, 6.45) is 1.45. The summed E-state index contributed by atoms with van der Waals surface area (Å²) in [5.74, 6) is -0.348. The molecule has 0 aliphatic rings. The molecule has 0 unspecified atom stereocenters. The lowest BCUT2D eigenvalue weighted by atomic mass is 10.2. The maximum atomic E-state index is 12.0. The smallest absolute Gasteiger partial charge is 0.267 e. The number of nitro benzene ring substituents is 1. The van der Waals surface area contributed by atoms with Gasteiger partial charge < -0.3 is 0 Å². The number of aromatic nitrogens is 1. The third kappa shape index (κ3) is 4.23. The largest absolute Gasteiger partial charge is 0.273 e. The first-order valence-corrected chi connectivity index (χ1v) is 8.16. The summed E-state index contributed by atoms with van der Waals surface area (Å²) in [6, 6.07) is 8.83. The summed E-state index contributed by atoms with van der Waals surface area (Å²) in [5.41, 5.74) is -0.112. The Bertz CT molecular complexity index is 762. The Morgan fingerprint density at radius 3 is 2.57 bits per heavy atom. The van der Waals surface area contributed by atoms with Crippen LogP contribution in [0.1, 0.15) is 5.56 Å². The second-order valence-electron chi connectivity index (χ2n) is 4.11. The fourth-order valence-corrected chi connectivity index (χ4v) is 3.05. The minimum Gasteiger partial charge on any atom is -0.267 e. The van der Waals surface area contributed by atoms with Crippen LogP contribution in [0, 0.1) is 10.1 Å². The van der Waals surface area contributed by atoms with Gasteiger partial charge in [0.2, 0.25) is 10.0 Å². The van der Waals surface area contributed by atoms with Crippen LogP contribution in [0.5, 0.6) is 0 Å². The lowest BCUT2D eigenvalue weighted by Crippen LogP contribution is -2.16. The standard InChI is InChI=1S/C12H10BrN3O4S/c13-10-5-6-12(14-7-10)15-21(19,20)8-9-3-1-2-4-11(9)16(17)18/h1-7H,8H2,(H,14,15). The van der Waals surface area contributed by atoms with Crippen molar-refractivity contribution in [2.75, 3.05) is 4.72 Å². The van der Waals surface area contributed by atoms with Crippen LogP contribution in [0.15, 0.2) is 47.1 Å². The molecule has 0 fully saturated rings. The average Bonchev–Trinajstić information content (AvgIpc) is 2.41. The van der Waals surface area contributed by atoms with Gasteiger partial charge in [0, 0.05) is 22.3 Å². The normalized spacial score (nSPS) is 11.1. The summed E-state index contributed by atoms with van der Waals surface area (Å²) < 4.78 is 27.1. The van der Waals surface area contributed by atoms with Gasteiger partial charge in [0.25, 0.3) is 5.69 Å². The number of pyridine rings is 1. The molecular formula is C12H10BrN3O4S. The molecule has 1 N–H and O–H groups in total. The summed E-state index contributed by atoms with van der Waals surface area (Å²) in [5, 5.41) is 10.9. The highest BCUT2D eigenvalue weighted by molar-refractivity contribution is 9.10. The molecule has 110 valence electrons. The first kappa shape index (κ1) is 15.4. The third-order valence-electron chi connectivity index (χ3n) is 2.52. The molecule has 0 saturated heterocycles. The summed E-state index contributed by atoms with van der Waals surface area (Å²) in [6.45, 7) is 0.